The monoisotopic (exact) mass is 294 g/mol. The zero-order chi connectivity index (χ0) is 13.2. The van der Waals surface area contributed by atoms with Crippen LogP contribution in [-0.4, -0.2) is 10.9 Å². The molecule has 2 aromatic rings. The van der Waals surface area contributed by atoms with E-state index in [0.29, 0.717) is 6.42 Å². The van der Waals surface area contributed by atoms with E-state index in [2.05, 4.69) is 6.07 Å². The van der Waals surface area contributed by atoms with E-state index in [0.717, 1.165) is 22.6 Å². The van der Waals surface area contributed by atoms with E-state index in [1.807, 2.05) is 17.8 Å². The minimum atomic E-state index is -0.526. The van der Waals surface area contributed by atoms with Gasteiger partial charge in [0, 0.05) is 21.9 Å². The number of thioether (sulfide) groups is 1. The quantitative estimate of drug-likeness (QED) is 0.925. The summed E-state index contributed by atoms with van der Waals surface area (Å²) in [6, 6.07) is 8.59. The van der Waals surface area contributed by atoms with Crippen molar-refractivity contribution in [3.63, 3.8) is 0 Å². The number of hydrogen-bond acceptors (Lipinski definition) is 3. The fourth-order valence-electron chi connectivity index (χ4n) is 2.32. The average Bonchev–Trinajstić information content (AvgIpc) is 2.82. The summed E-state index contributed by atoms with van der Waals surface area (Å²) >= 11 is 3.65. The highest BCUT2D eigenvalue weighted by molar-refractivity contribution is 7.98. The topological polar surface area (TPSA) is 20.2 Å². The van der Waals surface area contributed by atoms with Crippen LogP contribution in [0.4, 0.5) is 4.39 Å². The molecule has 1 atom stereocenters. The first-order valence-corrected chi connectivity index (χ1v) is 8.31. The molecular formula is C15H15FOS2. The Bertz CT molecular complexity index is 556. The molecule has 1 aliphatic rings. The van der Waals surface area contributed by atoms with Crippen molar-refractivity contribution in [2.45, 2.75) is 24.7 Å². The molecular weight excluding hydrogens is 279 g/mol. The summed E-state index contributed by atoms with van der Waals surface area (Å²) in [7, 11) is 0. The summed E-state index contributed by atoms with van der Waals surface area (Å²) in [4.78, 5) is 2.42. The van der Waals surface area contributed by atoms with Crippen LogP contribution in [0.3, 0.4) is 0 Å². The zero-order valence-electron chi connectivity index (χ0n) is 10.4. The maximum absolute atomic E-state index is 13.1. The van der Waals surface area contributed by atoms with Gasteiger partial charge in [0.1, 0.15) is 5.82 Å². The first-order valence-electron chi connectivity index (χ1n) is 6.34. The number of aliphatic hydroxyl groups is 1. The predicted molar refractivity (Wildman–Crippen MR) is 79.2 cm³/mol. The van der Waals surface area contributed by atoms with E-state index in [1.165, 1.54) is 28.3 Å². The van der Waals surface area contributed by atoms with Gasteiger partial charge < -0.3 is 5.11 Å². The first-order chi connectivity index (χ1) is 9.22. The molecule has 2 heterocycles. The second kappa shape index (κ2) is 5.65. The molecule has 1 aliphatic heterocycles. The Kier molecular flexibility index (Phi) is 3.91. The molecule has 4 heteroatoms. The third kappa shape index (κ3) is 3.02. The number of aryl methyl sites for hydroxylation is 1. The predicted octanol–water partition coefficient (Wildman–Crippen LogP) is 3.95. The van der Waals surface area contributed by atoms with Crippen molar-refractivity contribution in [1.82, 2.24) is 0 Å². The first kappa shape index (κ1) is 13.2. The molecule has 0 radical (unpaired) electrons. The third-order valence-corrected chi connectivity index (χ3v) is 5.64. The van der Waals surface area contributed by atoms with E-state index >= 15 is 0 Å². The Hall–Kier alpha value is -0.840. The van der Waals surface area contributed by atoms with Crippen LogP contribution in [-0.2, 0) is 18.6 Å². The highest BCUT2D eigenvalue weighted by atomic mass is 32.2. The lowest BCUT2D eigenvalue weighted by Crippen LogP contribution is -1.99. The maximum atomic E-state index is 13.1. The largest absolute Gasteiger partial charge is 0.387 e. The minimum absolute atomic E-state index is 0.244. The molecule has 1 unspecified atom stereocenters. The van der Waals surface area contributed by atoms with E-state index < -0.39 is 6.10 Å². The zero-order valence-corrected chi connectivity index (χ0v) is 12.1. The SMILES string of the molecule is OC(Cc1cccc(F)c1)c1cc2c(s1)CCSC2. The van der Waals surface area contributed by atoms with Crippen LogP contribution in [0.5, 0.6) is 0 Å². The molecule has 0 bridgehead atoms. The van der Waals surface area contributed by atoms with Crippen molar-refractivity contribution in [1.29, 1.82) is 0 Å². The summed E-state index contributed by atoms with van der Waals surface area (Å²) < 4.78 is 13.1. The molecule has 1 aromatic carbocycles. The van der Waals surface area contributed by atoms with Gasteiger partial charge in [-0.15, -0.1) is 11.3 Å². The van der Waals surface area contributed by atoms with Gasteiger partial charge in [0.15, 0.2) is 0 Å². The Morgan fingerprint density at radius 3 is 3.00 bits per heavy atom. The number of fused-ring (bicyclic) bond motifs is 1. The summed E-state index contributed by atoms with van der Waals surface area (Å²) in [5, 5.41) is 10.3. The smallest absolute Gasteiger partial charge is 0.123 e. The van der Waals surface area contributed by atoms with Crippen LogP contribution in [0.2, 0.25) is 0 Å². The van der Waals surface area contributed by atoms with Crippen LogP contribution < -0.4 is 0 Å². The number of thiophene rings is 1. The van der Waals surface area contributed by atoms with E-state index in [-0.39, 0.29) is 5.82 Å². The van der Waals surface area contributed by atoms with Gasteiger partial charge in [-0.05, 0) is 41.5 Å². The van der Waals surface area contributed by atoms with Gasteiger partial charge >= 0.3 is 0 Å². The maximum Gasteiger partial charge on any atom is 0.123 e. The summed E-state index contributed by atoms with van der Waals surface area (Å²) in [6.45, 7) is 0. The number of rotatable bonds is 3. The summed E-state index contributed by atoms with van der Waals surface area (Å²) in [6.07, 6.45) is 1.06. The Morgan fingerprint density at radius 1 is 1.32 bits per heavy atom. The molecule has 0 fully saturated rings. The van der Waals surface area contributed by atoms with Crippen LogP contribution in [0.25, 0.3) is 0 Å². The highest BCUT2D eigenvalue weighted by Gasteiger charge is 2.18. The van der Waals surface area contributed by atoms with E-state index in [4.69, 9.17) is 0 Å². The molecule has 19 heavy (non-hydrogen) atoms. The van der Waals surface area contributed by atoms with Crippen molar-refractivity contribution in [3.8, 4) is 0 Å². The molecule has 0 saturated heterocycles. The molecule has 1 nitrogen and oxygen atoms in total. The van der Waals surface area contributed by atoms with E-state index in [1.54, 1.807) is 17.4 Å². The number of benzene rings is 1. The van der Waals surface area contributed by atoms with Crippen molar-refractivity contribution in [2.75, 3.05) is 5.75 Å². The van der Waals surface area contributed by atoms with Crippen LogP contribution in [0, 0.1) is 5.82 Å². The fraction of sp³-hybridized carbons (Fsp3) is 0.333. The lowest BCUT2D eigenvalue weighted by Gasteiger charge is -2.08. The highest BCUT2D eigenvalue weighted by Crippen LogP contribution is 2.35. The molecule has 1 N–H and O–H groups in total. The van der Waals surface area contributed by atoms with Gasteiger partial charge in [0.25, 0.3) is 0 Å². The third-order valence-electron chi connectivity index (χ3n) is 3.29. The van der Waals surface area contributed by atoms with Gasteiger partial charge in [-0.2, -0.15) is 11.8 Å². The number of aliphatic hydroxyl groups excluding tert-OH is 1. The van der Waals surface area contributed by atoms with Gasteiger partial charge in [0.2, 0.25) is 0 Å². The average molecular weight is 294 g/mol. The van der Waals surface area contributed by atoms with Crippen molar-refractivity contribution >= 4 is 23.1 Å². The normalized spacial score (nSPS) is 16.1. The van der Waals surface area contributed by atoms with Gasteiger partial charge in [-0.3, -0.25) is 0 Å². The standard InChI is InChI=1S/C15H15FOS2/c16-12-3-1-2-10(6-12)7-13(17)15-8-11-9-18-5-4-14(11)19-15/h1-3,6,8,13,17H,4-5,7,9H2. The van der Waals surface area contributed by atoms with Crippen LogP contribution in [0.15, 0.2) is 30.3 Å². The van der Waals surface area contributed by atoms with Crippen molar-refractivity contribution in [3.05, 3.63) is 57.0 Å². The number of halogens is 1. The second-order valence-corrected chi connectivity index (χ2v) is 7.02. The molecule has 3 rings (SSSR count). The second-order valence-electron chi connectivity index (χ2n) is 4.75. The van der Waals surface area contributed by atoms with Gasteiger partial charge in [-0.1, -0.05) is 12.1 Å². The minimum Gasteiger partial charge on any atom is -0.387 e. The van der Waals surface area contributed by atoms with Gasteiger partial charge in [-0.25, -0.2) is 4.39 Å². The lowest BCUT2D eigenvalue weighted by molar-refractivity contribution is 0.182. The van der Waals surface area contributed by atoms with Crippen molar-refractivity contribution < 1.29 is 9.50 Å². The summed E-state index contributed by atoms with van der Waals surface area (Å²) in [5.74, 6) is 1.98. The fourth-order valence-corrected chi connectivity index (χ4v) is 4.68. The van der Waals surface area contributed by atoms with Gasteiger partial charge in [0.05, 0.1) is 6.10 Å². The molecule has 0 amide bonds. The molecule has 0 spiro atoms. The lowest BCUT2D eigenvalue weighted by atomic mass is 10.1. The molecule has 0 saturated carbocycles. The molecule has 1 aromatic heterocycles. The molecule has 100 valence electrons. The van der Waals surface area contributed by atoms with Crippen LogP contribution >= 0.6 is 23.1 Å². The Morgan fingerprint density at radius 2 is 2.21 bits per heavy atom. The number of hydrogen-bond donors (Lipinski definition) is 1. The Balaban J connectivity index is 1.76. The molecule has 0 aliphatic carbocycles. The Labute approximate surface area is 120 Å². The van der Waals surface area contributed by atoms with Crippen molar-refractivity contribution in [2.24, 2.45) is 0 Å². The van der Waals surface area contributed by atoms with Crippen LogP contribution in [0.1, 0.15) is 27.0 Å². The van der Waals surface area contributed by atoms with E-state index in [9.17, 15) is 9.50 Å². The summed E-state index contributed by atoms with van der Waals surface area (Å²) in [5.41, 5.74) is 2.21.